The molecule has 5 rings (SSSR count). The monoisotopic (exact) mass is 464 g/mol. The Balaban J connectivity index is 1.37. The lowest BCUT2D eigenvalue weighted by atomic mass is 10.2. The van der Waals surface area contributed by atoms with E-state index in [1.165, 1.54) is 11.8 Å². The number of rotatable bonds is 6. The second-order valence-corrected chi connectivity index (χ2v) is 8.27. The van der Waals surface area contributed by atoms with Crippen molar-refractivity contribution in [3.63, 3.8) is 0 Å². The molecule has 1 amide bonds. The molecule has 1 aliphatic rings. The average molecular weight is 465 g/mol. The van der Waals surface area contributed by atoms with Crippen LogP contribution in [0.1, 0.15) is 0 Å². The van der Waals surface area contributed by atoms with Crippen LogP contribution in [0, 0.1) is 0 Å². The summed E-state index contributed by atoms with van der Waals surface area (Å²) in [6.07, 6.45) is 0. The highest BCUT2D eigenvalue weighted by molar-refractivity contribution is 7.99. The van der Waals surface area contributed by atoms with Gasteiger partial charge in [-0.1, -0.05) is 53.7 Å². The summed E-state index contributed by atoms with van der Waals surface area (Å²) in [5.74, 6) is 1.97. The van der Waals surface area contributed by atoms with E-state index in [1.54, 1.807) is 18.2 Å². The number of benzene rings is 3. The zero-order valence-corrected chi connectivity index (χ0v) is 18.3. The van der Waals surface area contributed by atoms with Crippen molar-refractivity contribution < 1.29 is 14.3 Å². The first kappa shape index (κ1) is 20.4. The number of nitrogens with one attached hydrogen (secondary N) is 1. The van der Waals surface area contributed by atoms with Crippen LogP contribution in [0.2, 0.25) is 5.02 Å². The Bertz CT molecular complexity index is 1260. The van der Waals surface area contributed by atoms with Crippen molar-refractivity contribution in [3.05, 3.63) is 77.8 Å². The number of carbonyl (C=O) groups excluding carboxylic acids is 1. The third-order valence-corrected chi connectivity index (χ3v) is 5.92. The SMILES string of the molecule is O=C(CSc1nnc(-c2ccccc2)n1-c1ccc(Cl)cc1)Nc1ccc2c(c1)OCO2. The number of anilines is 1. The molecule has 0 fully saturated rings. The second kappa shape index (κ2) is 8.94. The van der Waals surface area contributed by atoms with Crippen LogP contribution in [0.25, 0.3) is 17.1 Å². The summed E-state index contributed by atoms with van der Waals surface area (Å²) >= 11 is 7.37. The summed E-state index contributed by atoms with van der Waals surface area (Å²) in [5.41, 5.74) is 2.42. The fourth-order valence-electron chi connectivity index (χ4n) is 3.26. The van der Waals surface area contributed by atoms with Crippen LogP contribution in [0.4, 0.5) is 5.69 Å². The highest BCUT2D eigenvalue weighted by Gasteiger charge is 2.18. The summed E-state index contributed by atoms with van der Waals surface area (Å²) in [6.45, 7) is 0.187. The third kappa shape index (κ3) is 4.28. The van der Waals surface area contributed by atoms with Crippen molar-refractivity contribution in [1.82, 2.24) is 14.8 Å². The lowest BCUT2D eigenvalue weighted by molar-refractivity contribution is -0.113. The largest absolute Gasteiger partial charge is 0.454 e. The molecule has 0 aliphatic carbocycles. The van der Waals surface area contributed by atoms with Crippen LogP contribution in [0.15, 0.2) is 78.0 Å². The van der Waals surface area contributed by atoms with Gasteiger partial charge in [0.05, 0.1) is 5.75 Å². The molecule has 1 aliphatic heterocycles. The van der Waals surface area contributed by atoms with Gasteiger partial charge in [-0.25, -0.2) is 0 Å². The van der Waals surface area contributed by atoms with Gasteiger partial charge in [-0.05, 0) is 36.4 Å². The molecule has 0 saturated heterocycles. The number of fused-ring (bicyclic) bond motifs is 1. The maximum atomic E-state index is 12.6. The first-order valence-corrected chi connectivity index (χ1v) is 11.1. The molecule has 3 aromatic carbocycles. The van der Waals surface area contributed by atoms with Gasteiger partial charge < -0.3 is 14.8 Å². The van der Waals surface area contributed by atoms with E-state index >= 15 is 0 Å². The topological polar surface area (TPSA) is 78.3 Å². The fraction of sp³-hybridized carbons (Fsp3) is 0.0870. The van der Waals surface area contributed by atoms with E-state index in [2.05, 4.69) is 15.5 Å². The fourth-order valence-corrected chi connectivity index (χ4v) is 4.14. The molecule has 160 valence electrons. The lowest BCUT2D eigenvalue weighted by Crippen LogP contribution is -2.14. The zero-order chi connectivity index (χ0) is 21.9. The second-order valence-electron chi connectivity index (χ2n) is 6.89. The van der Waals surface area contributed by atoms with Gasteiger partial charge in [-0.3, -0.25) is 9.36 Å². The molecule has 0 spiro atoms. The van der Waals surface area contributed by atoms with Gasteiger partial charge in [-0.15, -0.1) is 10.2 Å². The summed E-state index contributed by atoms with van der Waals surface area (Å²) < 4.78 is 12.6. The molecule has 2 heterocycles. The predicted octanol–water partition coefficient (Wildman–Crippen LogP) is 5.05. The Morgan fingerprint density at radius 1 is 1.00 bits per heavy atom. The Kier molecular flexibility index (Phi) is 5.70. The van der Waals surface area contributed by atoms with Crippen molar-refractivity contribution in [3.8, 4) is 28.6 Å². The van der Waals surface area contributed by atoms with Crippen LogP contribution in [0.5, 0.6) is 11.5 Å². The van der Waals surface area contributed by atoms with Crippen molar-refractivity contribution in [2.75, 3.05) is 17.9 Å². The number of thioether (sulfide) groups is 1. The van der Waals surface area contributed by atoms with Crippen molar-refractivity contribution in [2.45, 2.75) is 5.16 Å². The van der Waals surface area contributed by atoms with E-state index in [0.717, 1.165) is 11.3 Å². The molecule has 4 aromatic rings. The molecule has 7 nitrogen and oxygen atoms in total. The summed E-state index contributed by atoms with van der Waals surface area (Å²) in [6, 6.07) is 22.5. The summed E-state index contributed by atoms with van der Waals surface area (Å²) in [7, 11) is 0. The van der Waals surface area contributed by atoms with E-state index < -0.39 is 0 Å². The van der Waals surface area contributed by atoms with Gasteiger partial charge in [0.25, 0.3) is 0 Å². The number of carbonyl (C=O) groups is 1. The first-order valence-electron chi connectivity index (χ1n) is 9.76. The van der Waals surface area contributed by atoms with Gasteiger partial charge in [0.2, 0.25) is 12.7 Å². The number of hydrogen-bond donors (Lipinski definition) is 1. The van der Waals surface area contributed by atoms with Gasteiger partial charge in [-0.2, -0.15) is 0 Å². The number of hydrogen-bond acceptors (Lipinski definition) is 6. The van der Waals surface area contributed by atoms with Crippen LogP contribution in [0.3, 0.4) is 0 Å². The molecule has 1 N–H and O–H groups in total. The minimum absolute atomic E-state index is 0.162. The number of nitrogens with zero attached hydrogens (tertiary/aromatic N) is 3. The Labute approximate surface area is 193 Å². The molecule has 0 atom stereocenters. The molecule has 0 saturated carbocycles. The van der Waals surface area contributed by atoms with Crippen molar-refractivity contribution >= 4 is 35.0 Å². The number of aromatic nitrogens is 3. The van der Waals surface area contributed by atoms with Crippen LogP contribution in [-0.4, -0.2) is 33.2 Å². The van der Waals surface area contributed by atoms with E-state index in [9.17, 15) is 4.79 Å². The standard InChI is InChI=1S/C23H17ClN4O3S/c24-16-6-9-18(10-7-16)28-22(15-4-2-1-3-5-15)26-27-23(28)32-13-21(29)25-17-8-11-19-20(12-17)31-14-30-19/h1-12H,13-14H2,(H,25,29). The van der Waals surface area contributed by atoms with E-state index in [-0.39, 0.29) is 18.5 Å². The molecule has 0 unspecified atom stereocenters. The molecular formula is C23H17ClN4O3S. The summed E-state index contributed by atoms with van der Waals surface area (Å²) in [5, 5.41) is 12.8. The van der Waals surface area contributed by atoms with Crippen LogP contribution < -0.4 is 14.8 Å². The van der Waals surface area contributed by atoms with Gasteiger partial charge in [0, 0.05) is 28.0 Å². The first-order chi connectivity index (χ1) is 15.7. The molecular weight excluding hydrogens is 448 g/mol. The maximum absolute atomic E-state index is 12.6. The Morgan fingerprint density at radius 2 is 1.78 bits per heavy atom. The maximum Gasteiger partial charge on any atom is 0.234 e. The molecule has 1 aromatic heterocycles. The highest BCUT2D eigenvalue weighted by Crippen LogP contribution is 2.34. The third-order valence-electron chi connectivity index (χ3n) is 4.74. The Hall–Kier alpha value is -3.49. The van der Waals surface area contributed by atoms with Crippen molar-refractivity contribution in [1.29, 1.82) is 0 Å². The molecule has 0 bridgehead atoms. The van der Waals surface area contributed by atoms with Gasteiger partial charge in [0.15, 0.2) is 22.5 Å². The summed E-state index contributed by atoms with van der Waals surface area (Å²) in [4.78, 5) is 12.6. The minimum Gasteiger partial charge on any atom is -0.454 e. The van der Waals surface area contributed by atoms with E-state index in [1.807, 2.05) is 59.2 Å². The highest BCUT2D eigenvalue weighted by atomic mass is 35.5. The minimum atomic E-state index is -0.166. The van der Waals surface area contributed by atoms with E-state index in [0.29, 0.717) is 33.2 Å². The van der Waals surface area contributed by atoms with E-state index in [4.69, 9.17) is 21.1 Å². The molecule has 0 radical (unpaired) electrons. The molecule has 9 heteroatoms. The Morgan fingerprint density at radius 3 is 2.59 bits per heavy atom. The van der Waals surface area contributed by atoms with Gasteiger partial charge >= 0.3 is 0 Å². The number of amides is 1. The van der Waals surface area contributed by atoms with Crippen LogP contribution >= 0.6 is 23.4 Å². The predicted molar refractivity (Wildman–Crippen MR) is 124 cm³/mol. The zero-order valence-electron chi connectivity index (χ0n) is 16.7. The number of halogens is 1. The molecule has 32 heavy (non-hydrogen) atoms. The van der Waals surface area contributed by atoms with Crippen LogP contribution in [-0.2, 0) is 4.79 Å². The quantitative estimate of drug-likeness (QED) is 0.402. The smallest absolute Gasteiger partial charge is 0.234 e. The average Bonchev–Trinajstić information content (AvgIpc) is 3.45. The normalized spacial score (nSPS) is 12.0. The van der Waals surface area contributed by atoms with Gasteiger partial charge in [0.1, 0.15) is 0 Å². The lowest BCUT2D eigenvalue weighted by Gasteiger charge is -2.11. The van der Waals surface area contributed by atoms with Crippen molar-refractivity contribution in [2.24, 2.45) is 0 Å². The number of ether oxygens (including phenoxy) is 2.